The number of ether oxygens (including phenoxy) is 2. The Morgan fingerprint density at radius 3 is 2.27 bits per heavy atom. The number of hydrogen-bond acceptors (Lipinski definition) is 4. The average molecular weight is 206 g/mol. The molecular formula is C11H10O4. The van der Waals surface area contributed by atoms with E-state index in [4.69, 9.17) is 12.8 Å². The second kappa shape index (κ2) is 7.23. The molecule has 0 spiro atoms. The van der Waals surface area contributed by atoms with Crippen molar-refractivity contribution in [3.05, 3.63) is 11.6 Å². The monoisotopic (exact) mass is 206 g/mol. The molecule has 15 heavy (non-hydrogen) atoms. The zero-order chi connectivity index (χ0) is 11.7. The van der Waals surface area contributed by atoms with Gasteiger partial charge < -0.3 is 9.47 Å². The highest BCUT2D eigenvalue weighted by atomic mass is 16.5. The smallest absolute Gasteiger partial charge is 0.334 e. The number of terminal acetylenes is 2. The highest BCUT2D eigenvalue weighted by molar-refractivity contribution is 5.95. The van der Waals surface area contributed by atoms with Gasteiger partial charge in [-0.15, -0.1) is 12.8 Å². The maximum absolute atomic E-state index is 11.1. The fraction of sp³-hybridized carbons (Fsp3) is 0.273. The van der Waals surface area contributed by atoms with Crippen LogP contribution in [0.3, 0.4) is 0 Å². The molecule has 0 aromatic carbocycles. The van der Waals surface area contributed by atoms with Crippen molar-refractivity contribution >= 4 is 11.9 Å². The van der Waals surface area contributed by atoms with Gasteiger partial charge in [0, 0.05) is 11.6 Å². The number of rotatable bonds is 4. The molecule has 0 heterocycles. The van der Waals surface area contributed by atoms with Gasteiger partial charge in [0.05, 0.1) is 0 Å². The van der Waals surface area contributed by atoms with Gasteiger partial charge in [0.1, 0.15) is 0 Å². The van der Waals surface area contributed by atoms with Gasteiger partial charge in [-0.3, -0.25) is 0 Å². The Kier molecular flexibility index (Phi) is 6.17. The summed E-state index contributed by atoms with van der Waals surface area (Å²) in [7, 11) is 0. The first kappa shape index (κ1) is 12.8. The minimum absolute atomic E-state index is 0.104. The maximum Gasteiger partial charge on any atom is 0.334 e. The van der Waals surface area contributed by atoms with Gasteiger partial charge in [0.15, 0.2) is 13.2 Å². The van der Waals surface area contributed by atoms with E-state index < -0.39 is 11.9 Å². The van der Waals surface area contributed by atoms with Crippen molar-refractivity contribution in [2.24, 2.45) is 0 Å². The summed E-state index contributed by atoms with van der Waals surface area (Å²) in [5, 5.41) is 0. The van der Waals surface area contributed by atoms with Gasteiger partial charge in [-0.25, -0.2) is 9.59 Å². The Labute approximate surface area is 88.2 Å². The molecule has 4 heteroatoms. The van der Waals surface area contributed by atoms with E-state index in [-0.39, 0.29) is 18.8 Å². The molecule has 0 radical (unpaired) electrons. The van der Waals surface area contributed by atoms with E-state index in [1.165, 1.54) is 6.92 Å². The number of hydrogen-bond donors (Lipinski definition) is 0. The molecular weight excluding hydrogens is 196 g/mol. The van der Waals surface area contributed by atoms with Crippen LogP contribution in [-0.2, 0) is 19.1 Å². The molecule has 0 aliphatic rings. The topological polar surface area (TPSA) is 52.6 Å². The van der Waals surface area contributed by atoms with Crippen LogP contribution in [-0.4, -0.2) is 25.2 Å². The van der Waals surface area contributed by atoms with Crippen LogP contribution in [0.1, 0.15) is 6.92 Å². The van der Waals surface area contributed by atoms with Crippen LogP contribution in [0.4, 0.5) is 0 Å². The van der Waals surface area contributed by atoms with Crippen LogP contribution in [0.2, 0.25) is 0 Å². The third-order valence-electron chi connectivity index (χ3n) is 1.24. The van der Waals surface area contributed by atoms with Crippen LogP contribution >= 0.6 is 0 Å². The average Bonchev–Trinajstić information content (AvgIpc) is 2.22. The molecule has 0 atom stereocenters. The highest BCUT2D eigenvalue weighted by Crippen LogP contribution is 1.97. The van der Waals surface area contributed by atoms with Crippen LogP contribution in [0.25, 0.3) is 0 Å². The molecule has 0 bridgehead atoms. The number of carbonyl (C=O) groups excluding carboxylic acids is 2. The van der Waals surface area contributed by atoms with Crippen molar-refractivity contribution in [1.82, 2.24) is 0 Å². The molecule has 0 aliphatic carbocycles. The van der Waals surface area contributed by atoms with Crippen LogP contribution in [0, 0.1) is 24.7 Å². The molecule has 0 fully saturated rings. The second-order valence-electron chi connectivity index (χ2n) is 2.42. The van der Waals surface area contributed by atoms with Gasteiger partial charge in [0.2, 0.25) is 0 Å². The summed E-state index contributed by atoms with van der Waals surface area (Å²) in [4.78, 5) is 22.0. The number of carbonyl (C=O) groups is 2. The van der Waals surface area contributed by atoms with Gasteiger partial charge >= 0.3 is 11.9 Å². The van der Waals surface area contributed by atoms with E-state index >= 15 is 0 Å². The third-order valence-corrected chi connectivity index (χ3v) is 1.24. The fourth-order valence-electron chi connectivity index (χ4n) is 0.611. The molecule has 0 unspecified atom stereocenters. The molecule has 0 aromatic rings. The summed E-state index contributed by atoms with van der Waals surface area (Å²) in [5.74, 6) is 2.90. The van der Waals surface area contributed by atoms with E-state index in [1.807, 2.05) is 0 Å². The lowest BCUT2D eigenvalue weighted by Gasteiger charge is -2.00. The summed E-state index contributed by atoms with van der Waals surface area (Å²) in [5.41, 5.74) is 0.104. The fourth-order valence-corrected chi connectivity index (χ4v) is 0.611. The predicted molar refractivity (Wildman–Crippen MR) is 53.3 cm³/mol. The van der Waals surface area contributed by atoms with E-state index in [2.05, 4.69) is 21.3 Å². The van der Waals surface area contributed by atoms with Crippen molar-refractivity contribution in [2.45, 2.75) is 6.92 Å². The lowest BCUT2D eigenvalue weighted by molar-refractivity contribution is -0.139. The molecule has 0 N–H and O–H groups in total. The van der Waals surface area contributed by atoms with Gasteiger partial charge in [-0.05, 0) is 6.92 Å². The van der Waals surface area contributed by atoms with Crippen molar-refractivity contribution < 1.29 is 19.1 Å². The van der Waals surface area contributed by atoms with E-state index in [9.17, 15) is 9.59 Å². The Hall–Kier alpha value is -2.20. The van der Waals surface area contributed by atoms with E-state index in [0.29, 0.717) is 0 Å². The summed E-state index contributed by atoms with van der Waals surface area (Å²) in [6.45, 7) is 1.14. The molecule has 0 aliphatic heterocycles. The summed E-state index contributed by atoms with van der Waals surface area (Å²) < 4.78 is 9.08. The molecule has 0 saturated heterocycles. The van der Waals surface area contributed by atoms with E-state index in [1.54, 1.807) is 0 Å². The normalized spacial score (nSPS) is 9.67. The molecule has 0 aromatic heterocycles. The van der Waals surface area contributed by atoms with Crippen LogP contribution < -0.4 is 0 Å². The van der Waals surface area contributed by atoms with Gasteiger partial charge in [-0.1, -0.05) is 11.8 Å². The lowest BCUT2D eigenvalue weighted by Crippen LogP contribution is -2.09. The molecule has 0 saturated carbocycles. The largest absolute Gasteiger partial charge is 0.449 e. The third kappa shape index (κ3) is 5.95. The standard InChI is InChI=1S/C11H10O4/c1-4-6-14-10(12)8-9(3)11(13)15-7-5-2/h1-2,8H,6-7H2,3H3/b9-8-. The lowest BCUT2D eigenvalue weighted by atomic mass is 10.3. The summed E-state index contributed by atoms with van der Waals surface area (Å²) in [6.07, 6.45) is 10.8. The SMILES string of the molecule is C#CCOC(=O)/C=C(/C)C(=O)OCC#C. The summed E-state index contributed by atoms with van der Waals surface area (Å²) in [6, 6.07) is 0. The minimum Gasteiger partial charge on any atom is -0.449 e. The van der Waals surface area contributed by atoms with Crippen molar-refractivity contribution in [1.29, 1.82) is 0 Å². The Balaban J connectivity index is 4.19. The van der Waals surface area contributed by atoms with Gasteiger partial charge in [-0.2, -0.15) is 0 Å². The van der Waals surface area contributed by atoms with Gasteiger partial charge in [0.25, 0.3) is 0 Å². The quantitative estimate of drug-likeness (QED) is 0.377. The Morgan fingerprint density at radius 1 is 1.20 bits per heavy atom. The first-order chi connectivity index (χ1) is 7.11. The van der Waals surface area contributed by atoms with Crippen molar-refractivity contribution in [3.8, 4) is 24.7 Å². The second-order valence-corrected chi connectivity index (χ2v) is 2.42. The first-order valence-electron chi connectivity index (χ1n) is 4.01. The first-order valence-corrected chi connectivity index (χ1v) is 4.01. The molecule has 4 nitrogen and oxygen atoms in total. The molecule has 78 valence electrons. The van der Waals surface area contributed by atoms with Crippen molar-refractivity contribution in [2.75, 3.05) is 13.2 Å². The minimum atomic E-state index is -0.692. The Bertz CT molecular complexity index is 352. The maximum atomic E-state index is 11.1. The predicted octanol–water partition coefficient (Wildman–Crippen LogP) is 0.286. The van der Waals surface area contributed by atoms with Crippen LogP contribution in [0.15, 0.2) is 11.6 Å². The molecule has 0 amide bonds. The zero-order valence-electron chi connectivity index (χ0n) is 8.28. The molecule has 0 rings (SSSR count). The van der Waals surface area contributed by atoms with Crippen molar-refractivity contribution in [3.63, 3.8) is 0 Å². The number of esters is 2. The van der Waals surface area contributed by atoms with E-state index in [0.717, 1.165) is 6.08 Å². The zero-order valence-corrected chi connectivity index (χ0v) is 8.28. The highest BCUT2D eigenvalue weighted by Gasteiger charge is 2.07. The summed E-state index contributed by atoms with van der Waals surface area (Å²) >= 11 is 0. The van der Waals surface area contributed by atoms with Crippen LogP contribution in [0.5, 0.6) is 0 Å². The Morgan fingerprint density at radius 2 is 1.73 bits per heavy atom.